The summed E-state index contributed by atoms with van der Waals surface area (Å²) in [6, 6.07) is 0. The van der Waals surface area contributed by atoms with E-state index < -0.39 is 0 Å². The molecule has 2 N–H and O–H groups in total. The molecule has 1 aliphatic rings. The van der Waals surface area contributed by atoms with E-state index in [0.29, 0.717) is 29.0 Å². The zero-order chi connectivity index (χ0) is 13.1. The van der Waals surface area contributed by atoms with Gasteiger partial charge in [-0.3, -0.25) is 4.79 Å². The molecule has 0 bridgehead atoms. The van der Waals surface area contributed by atoms with E-state index in [1.807, 2.05) is 6.92 Å². The molecule has 1 aromatic heterocycles. The molecular weight excluding hydrogens is 250 g/mol. The summed E-state index contributed by atoms with van der Waals surface area (Å²) in [5.74, 6) is 1.49. The third-order valence-electron chi connectivity index (χ3n) is 2.29. The zero-order valence-electron chi connectivity index (χ0n) is 10.2. The molecule has 0 saturated heterocycles. The van der Waals surface area contributed by atoms with E-state index in [4.69, 9.17) is 5.73 Å². The van der Waals surface area contributed by atoms with Crippen molar-refractivity contribution >= 4 is 34.4 Å². The van der Waals surface area contributed by atoms with Crippen LogP contribution in [0.15, 0.2) is 16.2 Å². The predicted octanol–water partition coefficient (Wildman–Crippen LogP) is 1.35. The summed E-state index contributed by atoms with van der Waals surface area (Å²) in [6.07, 6.45) is 1.99. The Kier molecular flexibility index (Phi) is 3.71. The Morgan fingerprint density at radius 3 is 2.83 bits per heavy atom. The number of nitrogen functional groups attached to an aromatic ring is 1. The summed E-state index contributed by atoms with van der Waals surface area (Å²) in [4.78, 5) is 27.5. The second-order valence-corrected chi connectivity index (χ2v) is 4.87. The Hall–Kier alpha value is -1.76. The molecule has 1 aromatic rings. The summed E-state index contributed by atoms with van der Waals surface area (Å²) in [6.45, 7) is 3.60. The van der Waals surface area contributed by atoms with Gasteiger partial charge in [0.05, 0.1) is 6.42 Å². The molecular formula is C11H13N5OS. The number of anilines is 1. The molecule has 0 aliphatic carbocycles. The number of aryl methyl sites for hydroxylation is 1. The lowest BCUT2D eigenvalue weighted by molar-refractivity contribution is -0.116. The lowest BCUT2D eigenvalue weighted by atomic mass is 10.3. The number of rotatable bonds is 2. The third kappa shape index (κ3) is 3.13. The molecule has 0 saturated carbocycles. The van der Waals surface area contributed by atoms with Crippen molar-refractivity contribution in [3.8, 4) is 0 Å². The second-order valence-electron chi connectivity index (χ2n) is 3.93. The van der Waals surface area contributed by atoms with Gasteiger partial charge in [0.1, 0.15) is 11.6 Å². The average molecular weight is 263 g/mol. The lowest BCUT2D eigenvalue weighted by Crippen LogP contribution is -2.12. The van der Waals surface area contributed by atoms with Gasteiger partial charge in [0, 0.05) is 23.2 Å². The van der Waals surface area contributed by atoms with Gasteiger partial charge >= 0.3 is 0 Å². The number of hydrogen-bond donors (Lipinski definition) is 1. The van der Waals surface area contributed by atoms with Gasteiger partial charge in [0.2, 0.25) is 0 Å². The molecule has 0 atom stereocenters. The van der Waals surface area contributed by atoms with E-state index >= 15 is 0 Å². The Morgan fingerprint density at radius 2 is 2.17 bits per heavy atom. The van der Waals surface area contributed by atoms with Crippen molar-refractivity contribution in [1.82, 2.24) is 9.97 Å². The maximum absolute atomic E-state index is 11.3. The molecule has 94 valence electrons. The van der Waals surface area contributed by atoms with Crippen LogP contribution >= 0.6 is 11.8 Å². The normalized spacial score (nSPS) is 15.3. The molecule has 1 amide bonds. The van der Waals surface area contributed by atoms with E-state index in [-0.39, 0.29) is 5.91 Å². The topological polar surface area (TPSA) is 93.6 Å². The monoisotopic (exact) mass is 263 g/mol. The van der Waals surface area contributed by atoms with Crippen LogP contribution in [-0.4, -0.2) is 26.8 Å². The molecule has 7 heteroatoms. The van der Waals surface area contributed by atoms with Crippen LogP contribution in [0.5, 0.6) is 0 Å². The van der Waals surface area contributed by atoms with Crippen LogP contribution in [0.1, 0.15) is 24.7 Å². The number of thioether (sulfide) groups is 1. The fourth-order valence-electron chi connectivity index (χ4n) is 1.42. The van der Waals surface area contributed by atoms with Crippen LogP contribution in [0.3, 0.4) is 0 Å². The Morgan fingerprint density at radius 1 is 1.39 bits per heavy atom. The maximum Gasteiger partial charge on any atom is 0.253 e. The lowest BCUT2D eigenvalue weighted by Gasteiger charge is -2.08. The van der Waals surface area contributed by atoms with Gasteiger partial charge in [0.15, 0.2) is 5.17 Å². The molecule has 2 rings (SSSR count). The van der Waals surface area contributed by atoms with Gasteiger partial charge in [-0.05, 0) is 13.8 Å². The van der Waals surface area contributed by atoms with E-state index in [1.165, 1.54) is 11.8 Å². The average Bonchev–Trinajstić information content (AvgIpc) is 2.26. The number of hydrogen-bond acceptors (Lipinski definition) is 6. The minimum atomic E-state index is -0.155. The third-order valence-corrected chi connectivity index (χ3v) is 3.19. The van der Waals surface area contributed by atoms with Crippen molar-refractivity contribution in [3.05, 3.63) is 17.6 Å². The minimum Gasteiger partial charge on any atom is -0.383 e. The highest BCUT2D eigenvalue weighted by molar-refractivity contribution is 8.13. The quantitative estimate of drug-likeness (QED) is 0.869. The van der Waals surface area contributed by atoms with Crippen molar-refractivity contribution < 1.29 is 4.79 Å². The fraction of sp³-hybridized carbons (Fsp3) is 0.364. The summed E-state index contributed by atoms with van der Waals surface area (Å²) in [5, 5.41) is 0.476. The number of carbonyl (C=O) groups excluding carboxylic acids is 1. The summed E-state index contributed by atoms with van der Waals surface area (Å²) in [7, 11) is 0. The van der Waals surface area contributed by atoms with E-state index in [2.05, 4.69) is 20.0 Å². The molecule has 0 unspecified atom stereocenters. The largest absolute Gasteiger partial charge is 0.383 e. The standard InChI is InChI=1S/C11H13N5OS/c1-6-3-9(17)16-11(14-6)18-5-8-4-13-7(2)15-10(8)12/h4H,3,5H2,1-2H3,(H2,12,13,15). The van der Waals surface area contributed by atoms with Crippen LogP contribution in [0, 0.1) is 6.92 Å². The second kappa shape index (κ2) is 5.26. The van der Waals surface area contributed by atoms with E-state index in [9.17, 15) is 4.79 Å². The van der Waals surface area contributed by atoms with Crippen molar-refractivity contribution in [2.75, 3.05) is 5.73 Å². The van der Waals surface area contributed by atoms with Crippen LogP contribution in [0.4, 0.5) is 5.82 Å². The van der Waals surface area contributed by atoms with Gasteiger partial charge in [-0.15, -0.1) is 0 Å². The van der Waals surface area contributed by atoms with E-state index in [0.717, 1.165) is 11.3 Å². The molecule has 2 heterocycles. The predicted molar refractivity (Wildman–Crippen MR) is 72.6 cm³/mol. The first kappa shape index (κ1) is 12.7. The SMILES string of the molecule is CC1=NC(SCc2cnc(C)nc2N)=NC(=O)C1. The van der Waals surface area contributed by atoms with Crippen LogP contribution in [-0.2, 0) is 10.5 Å². The van der Waals surface area contributed by atoms with Gasteiger partial charge in [-0.1, -0.05) is 11.8 Å². The zero-order valence-corrected chi connectivity index (χ0v) is 11.0. The molecule has 1 aliphatic heterocycles. The highest BCUT2D eigenvalue weighted by atomic mass is 32.2. The van der Waals surface area contributed by atoms with Crippen molar-refractivity contribution in [1.29, 1.82) is 0 Å². The highest BCUT2D eigenvalue weighted by Gasteiger charge is 2.13. The number of carbonyl (C=O) groups is 1. The number of amides is 1. The van der Waals surface area contributed by atoms with Gasteiger partial charge in [-0.25, -0.2) is 15.0 Å². The summed E-state index contributed by atoms with van der Waals surface area (Å²) in [5.41, 5.74) is 7.39. The molecule has 18 heavy (non-hydrogen) atoms. The van der Waals surface area contributed by atoms with Gasteiger partial charge in [-0.2, -0.15) is 4.99 Å². The molecule has 0 aromatic carbocycles. The number of nitrogens with two attached hydrogens (primary N) is 1. The number of amidine groups is 1. The van der Waals surface area contributed by atoms with Crippen molar-refractivity contribution in [2.24, 2.45) is 9.98 Å². The van der Waals surface area contributed by atoms with Gasteiger partial charge < -0.3 is 5.73 Å². The first-order valence-electron chi connectivity index (χ1n) is 5.41. The number of nitrogens with zero attached hydrogens (tertiary/aromatic N) is 4. The maximum atomic E-state index is 11.3. The van der Waals surface area contributed by atoms with Crippen molar-refractivity contribution in [2.45, 2.75) is 26.0 Å². The Balaban J connectivity index is 2.06. The van der Waals surface area contributed by atoms with Crippen molar-refractivity contribution in [3.63, 3.8) is 0 Å². The molecule has 0 radical (unpaired) electrons. The summed E-state index contributed by atoms with van der Waals surface area (Å²) < 4.78 is 0. The number of aliphatic imine (C=N–C) groups is 2. The minimum absolute atomic E-state index is 0.155. The Labute approximate surface area is 109 Å². The van der Waals surface area contributed by atoms with Crippen LogP contribution in [0.25, 0.3) is 0 Å². The molecule has 0 spiro atoms. The molecule has 0 fully saturated rings. The fourth-order valence-corrected chi connectivity index (χ4v) is 2.32. The highest BCUT2D eigenvalue weighted by Crippen LogP contribution is 2.20. The molecule has 6 nitrogen and oxygen atoms in total. The van der Waals surface area contributed by atoms with E-state index in [1.54, 1.807) is 13.1 Å². The Bertz CT molecular complexity index is 552. The summed E-state index contributed by atoms with van der Waals surface area (Å²) >= 11 is 1.36. The van der Waals surface area contributed by atoms with Crippen LogP contribution in [0.2, 0.25) is 0 Å². The smallest absolute Gasteiger partial charge is 0.253 e. The first-order valence-corrected chi connectivity index (χ1v) is 6.39. The van der Waals surface area contributed by atoms with Crippen LogP contribution < -0.4 is 5.73 Å². The first-order chi connectivity index (χ1) is 8.54. The van der Waals surface area contributed by atoms with Gasteiger partial charge in [0.25, 0.3) is 5.91 Å². The number of aromatic nitrogens is 2.